The third kappa shape index (κ3) is 3.78. The third-order valence-corrected chi connectivity index (χ3v) is 4.19. The minimum Gasteiger partial charge on any atom is -0.350 e. The second-order valence-corrected chi connectivity index (χ2v) is 5.91. The van der Waals surface area contributed by atoms with Crippen LogP contribution in [0.1, 0.15) is 11.1 Å². The summed E-state index contributed by atoms with van der Waals surface area (Å²) in [4.78, 5) is 24.6. The van der Waals surface area contributed by atoms with Crippen LogP contribution >= 0.6 is 24.0 Å². The summed E-state index contributed by atoms with van der Waals surface area (Å²) >= 11 is 6.32. The van der Waals surface area contributed by atoms with Crippen LogP contribution in [0, 0.1) is 6.92 Å². The Kier molecular flexibility index (Phi) is 4.55. The molecule has 0 aliphatic carbocycles. The van der Waals surface area contributed by atoms with Crippen LogP contribution in [-0.4, -0.2) is 33.3 Å². The van der Waals surface area contributed by atoms with Crippen molar-refractivity contribution in [2.24, 2.45) is 0 Å². The minimum absolute atomic E-state index is 0.0104. The molecule has 1 aromatic rings. The van der Waals surface area contributed by atoms with Gasteiger partial charge >= 0.3 is 0 Å². The number of nitrogens with one attached hydrogen (secondary N) is 1. The van der Waals surface area contributed by atoms with Gasteiger partial charge in [0.25, 0.3) is 0 Å². The molecule has 1 N–H and O–H groups in total. The van der Waals surface area contributed by atoms with Crippen LogP contribution in [0.2, 0.25) is 0 Å². The molecule has 2 amide bonds. The van der Waals surface area contributed by atoms with Gasteiger partial charge < -0.3 is 5.32 Å². The molecule has 19 heavy (non-hydrogen) atoms. The third-order valence-electron chi connectivity index (χ3n) is 2.75. The highest BCUT2D eigenvalue weighted by Gasteiger charge is 2.28. The Bertz CT molecular complexity index is 498. The number of thiocarbonyl (C=S) groups is 1. The molecule has 2 rings (SSSR count). The molecule has 0 bridgehead atoms. The van der Waals surface area contributed by atoms with E-state index in [1.807, 2.05) is 31.2 Å². The Morgan fingerprint density at radius 3 is 2.68 bits per heavy atom. The molecular weight excluding hydrogens is 280 g/mol. The van der Waals surface area contributed by atoms with Crippen LogP contribution in [0.5, 0.6) is 0 Å². The summed E-state index contributed by atoms with van der Waals surface area (Å²) in [6.45, 7) is 2.48. The zero-order valence-electron chi connectivity index (χ0n) is 10.5. The Hall–Kier alpha value is -1.40. The highest BCUT2D eigenvalue weighted by Crippen LogP contribution is 2.18. The number of thioether (sulfide) groups is 1. The maximum atomic E-state index is 11.8. The first-order valence-corrected chi connectivity index (χ1v) is 7.25. The molecule has 6 heteroatoms. The van der Waals surface area contributed by atoms with E-state index in [1.54, 1.807) is 0 Å². The molecule has 1 aliphatic rings. The van der Waals surface area contributed by atoms with Crippen molar-refractivity contribution in [1.29, 1.82) is 0 Å². The number of amides is 2. The van der Waals surface area contributed by atoms with Crippen LogP contribution in [0.4, 0.5) is 0 Å². The number of hydrogen-bond acceptors (Lipinski definition) is 4. The van der Waals surface area contributed by atoms with E-state index in [1.165, 1.54) is 22.2 Å². The van der Waals surface area contributed by atoms with Gasteiger partial charge in [-0.1, -0.05) is 53.8 Å². The Morgan fingerprint density at radius 1 is 1.42 bits per heavy atom. The Morgan fingerprint density at radius 2 is 2.11 bits per heavy atom. The zero-order chi connectivity index (χ0) is 13.8. The molecule has 0 radical (unpaired) electrons. The van der Waals surface area contributed by atoms with Gasteiger partial charge in [0.05, 0.1) is 5.75 Å². The number of carbonyl (C=O) groups excluding carboxylic acids is 2. The summed E-state index contributed by atoms with van der Waals surface area (Å²) in [5.41, 5.74) is 2.21. The second kappa shape index (κ2) is 6.16. The molecular formula is C13H14N2O2S2. The number of nitrogens with zero attached hydrogens (tertiary/aromatic N) is 1. The van der Waals surface area contributed by atoms with E-state index in [0.29, 0.717) is 16.6 Å². The van der Waals surface area contributed by atoms with E-state index < -0.39 is 0 Å². The summed E-state index contributed by atoms with van der Waals surface area (Å²) in [5, 5.41) is 2.78. The topological polar surface area (TPSA) is 49.4 Å². The van der Waals surface area contributed by atoms with Crippen molar-refractivity contribution in [2.45, 2.75) is 13.5 Å². The fourth-order valence-electron chi connectivity index (χ4n) is 1.64. The van der Waals surface area contributed by atoms with Gasteiger partial charge in [-0.05, 0) is 12.5 Å². The lowest BCUT2D eigenvalue weighted by atomic mass is 10.1. The van der Waals surface area contributed by atoms with Crippen molar-refractivity contribution in [2.75, 3.05) is 12.3 Å². The van der Waals surface area contributed by atoms with E-state index in [2.05, 4.69) is 5.32 Å². The first-order chi connectivity index (χ1) is 9.06. The molecule has 1 fully saturated rings. The molecule has 1 aromatic carbocycles. The van der Waals surface area contributed by atoms with Crippen molar-refractivity contribution in [3.05, 3.63) is 35.4 Å². The average Bonchev–Trinajstić information content (AvgIpc) is 2.70. The average molecular weight is 294 g/mol. The van der Waals surface area contributed by atoms with Crippen molar-refractivity contribution in [1.82, 2.24) is 10.2 Å². The second-order valence-electron chi connectivity index (χ2n) is 4.30. The lowest BCUT2D eigenvalue weighted by Crippen LogP contribution is -2.39. The molecule has 0 saturated carbocycles. The van der Waals surface area contributed by atoms with Crippen LogP contribution in [0.25, 0.3) is 0 Å². The lowest BCUT2D eigenvalue weighted by molar-refractivity contribution is -0.129. The molecule has 1 saturated heterocycles. The first kappa shape index (κ1) is 14.0. The van der Waals surface area contributed by atoms with E-state index in [-0.39, 0.29) is 18.4 Å². The van der Waals surface area contributed by atoms with Crippen LogP contribution < -0.4 is 5.32 Å². The lowest BCUT2D eigenvalue weighted by Gasteiger charge is -2.14. The number of benzene rings is 1. The molecule has 0 atom stereocenters. The quantitative estimate of drug-likeness (QED) is 0.855. The zero-order valence-corrected chi connectivity index (χ0v) is 12.1. The van der Waals surface area contributed by atoms with Gasteiger partial charge in [0, 0.05) is 6.54 Å². The number of carbonyl (C=O) groups is 2. The molecule has 1 heterocycles. The fraction of sp³-hybridized carbons (Fsp3) is 0.308. The predicted octanol–water partition coefficient (Wildman–Crippen LogP) is 1.47. The maximum Gasteiger partial charge on any atom is 0.240 e. The normalized spacial score (nSPS) is 14.9. The molecule has 100 valence electrons. The molecule has 1 aliphatic heterocycles. The smallest absolute Gasteiger partial charge is 0.240 e. The summed E-state index contributed by atoms with van der Waals surface area (Å²) in [6, 6.07) is 7.93. The van der Waals surface area contributed by atoms with Crippen molar-refractivity contribution in [3.63, 3.8) is 0 Å². The van der Waals surface area contributed by atoms with Gasteiger partial charge in [0.2, 0.25) is 11.8 Å². The monoisotopic (exact) mass is 294 g/mol. The van der Waals surface area contributed by atoms with E-state index >= 15 is 0 Å². The largest absolute Gasteiger partial charge is 0.350 e. The summed E-state index contributed by atoms with van der Waals surface area (Å²) < 4.78 is 0.482. The Balaban J connectivity index is 1.83. The van der Waals surface area contributed by atoms with Crippen molar-refractivity contribution >= 4 is 40.1 Å². The SMILES string of the molecule is Cc1ccc(CNC(=O)CN2C(=O)CSC2=S)cc1. The first-order valence-electron chi connectivity index (χ1n) is 5.85. The standard InChI is InChI=1S/C13H14N2O2S2/c1-9-2-4-10(5-3-9)6-14-11(16)7-15-12(17)8-19-13(15)18/h2-5H,6-8H2,1H3,(H,14,16). The van der Waals surface area contributed by atoms with Gasteiger partial charge in [0.1, 0.15) is 10.9 Å². The summed E-state index contributed by atoms with van der Waals surface area (Å²) in [7, 11) is 0. The van der Waals surface area contributed by atoms with Crippen LogP contribution in [-0.2, 0) is 16.1 Å². The fourth-order valence-corrected chi connectivity index (χ4v) is 2.71. The van der Waals surface area contributed by atoms with Gasteiger partial charge in [-0.25, -0.2) is 0 Å². The molecule has 0 aromatic heterocycles. The highest BCUT2D eigenvalue weighted by atomic mass is 32.2. The predicted molar refractivity (Wildman–Crippen MR) is 79.8 cm³/mol. The maximum absolute atomic E-state index is 11.8. The van der Waals surface area contributed by atoms with E-state index in [0.717, 1.165) is 5.56 Å². The van der Waals surface area contributed by atoms with Crippen LogP contribution in [0.3, 0.4) is 0 Å². The summed E-state index contributed by atoms with van der Waals surface area (Å²) in [5.74, 6) is 0.0450. The van der Waals surface area contributed by atoms with Crippen molar-refractivity contribution in [3.8, 4) is 0 Å². The number of hydrogen-bond donors (Lipinski definition) is 1. The van der Waals surface area contributed by atoms with Gasteiger partial charge in [-0.3, -0.25) is 14.5 Å². The molecule has 0 unspecified atom stereocenters. The van der Waals surface area contributed by atoms with Crippen molar-refractivity contribution < 1.29 is 9.59 Å². The van der Waals surface area contributed by atoms with Crippen LogP contribution in [0.15, 0.2) is 24.3 Å². The highest BCUT2D eigenvalue weighted by molar-refractivity contribution is 8.23. The van der Waals surface area contributed by atoms with E-state index in [9.17, 15) is 9.59 Å². The van der Waals surface area contributed by atoms with Gasteiger partial charge in [0.15, 0.2) is 0 Å². The van der Waals surface area contributed by atoms with Gasteiger partial charge in [-0.2, -0.15) is 0 Å². The van der Waals surface area contributed by atoms with Gasteiger partial charge in [-0.15, -0.1) is 0 Å². The molecule has 4 nitrogen and oxygen atoms in total. The number of rotatable bonds is 4. The van der Waals surface area contributed by atoms with E-state index in [4.69, 9.17) is 12.2 Å². The Labute approximate surface area is 121 Å². The number of aryl methyl sites for hydroxylation is 1. The molecule has 0 spiro atoms. The summed E-state index contributed by atoms with van der Waals surface area (Å²) in [6.07, 6.45) is 0. The minimum atomic E-state index is -0.196.